The monoisotopic (exact) mass is 449 g/mol. The van der Waals surface area contributed by atoms with Crippen molar-refractivity contribution in [3.63, 3.8) is 0 Å². The van der Waals surface area contributed by atoms with Crippen molar-refractivity contribution in [1.82, 2.24) is 9.38 Å². The van der Waals surface area contributed by atoms with Crippen molar-refractivity contribution in [1.29, 1.82) is 0 Å². The number of para-hydroxylation sites is 1. The van der Waals surface area contributed by atoms with Crippen LogP contribution < -0.4 is 20.3 Å². The summed E-state index contributed by atoms with van der Waals surface area (Å²) in [5.74, 6) is 0.861. The standard InChI is InChI=1S/C24H23N3O4S/c1-15-8-9-21(30-13-18-11-23(29)27-12-17(3)32-24(27)25-18)19(10-15)26-22(28)14-31-20-7-5-4-6-16(20)2/h4-12H,13-14H2,1-3H3,(H,26,28). The number of fused-ring (bicyclic) bond motifs is 1. The van der Waals surface area contributed by atoms with Gasteiger partial charge in [0.15, 0.2) is 11.6 Å². The number of rotatable bonds is 7. The molecule has 2 aromatic carbocycles. The Kier molecular flexibility index (Phi) is 6.23. The Bertz CT molecular complexity index is 1340. The maximum Gasteiger partial charge on any atom is 0.262 e. The molecule has 0 spiro atoms. The SMILES string of the molecule is Cc1ccc(OCc2cc(=O)n3cc(C)sc3n2)c(NC(=O)COc2ccccc2C)c1. The molecule has 4 aromatic rings. The molecular weight excluding hydrogens is 426 g/mol. The molecule has 1 amide bonds. The molecule has 0 unspecified atom stereocenters. The Morgan fingerprint density at radius 2 is 1.88 bits per heavy atom. The van der Waals surface area contributed by atoms with Crippen molar-refractivity contribution >= 4 is 27.9 Å². The molecule has 32 heavy (non-hydrogen) atoms. The number of hydrogen-bond acceptors (Lipinski definition) is 6. The third kappa shape index (κ3) is 4.97. The van der Waals surface area contributed by atoms with Crippen molar-refractivity contribution in [3.05, 3.63) is 86.8 Å². The normalized spacial score (nSPS) is 10.8. The number of amides is 1. The van der Waals surface area contributed by atoms with Gasteiger partial charge in [-0.2, -0.15) is 0 Å². The number of nitrogens with zero attached hydrogens (tertiary/aromatic N) is 2. The molecule has 164 valence electrons. The maximum absolute atomic E-state index is 12.5. The number of nitrogens with one attached hydrogen (secondary N) is 1. The van der Waals surface area contributed by atoms with Crippen LogP contribution in [0.2, 0.25) is 0 Å². The number of thiazole rings is 1. The Morgan fingerprint density at radius 1 is 1.06 bits per heavy atom. The van der Waals surface area contributed by atoms with Crippen LogP contribution in [0.4, 0.5) is 5.69 Å². The topological polar surface area (TPSA) is 81.9 Å². The van der Waals surface area contributed by atoms with Gasteiger partial charge < -0.3 is 14.8 Å². The summed E-state index contributed by atoms with van der Waals surface area (Å²) in [6.07, 6.45) is 1.77. The molecule has 0 atom stereocenters. The first kappa shape index (κ1) is 21.6. The lowest BCUT2D eigenvalue weighted by Crippen LogP contribution is -2.21. The van der Waals surface area contributed by atoms with Crippen molar-refractivity contribution in [3.8, 4) is 11.5 Å². The summed E-state index contributed by atoms with van der Waals surface area (Å²) in [5, 5.41) is 2.85. The average molecular weight is 450 g/mol. The van der Waals surface area contributed by atoms with Gasteiger partial charge in [-0.15, -0.1) is 11.3 Å². The predicted molar refractivity (Wildman–Crippen MR) is 125 cm³/mol. The Labute approximate surface area is 189 Å². The van der Waals surface area contributed by atoms with Crippen LogP contribution in [-0.2, 0) is 11.4 Å². The third-order valence-electron chi connectivity index (χ3n) is 4.77. The summed E-state index contributed by atoms with van der Waals surface area (Å²) < 4.78 is 13.1. The fourth-order valence-electron chi connectivity index (χ4n) is 3.20. The number of hydrogen-bond donors (Lipinski definition) is 1. The Morgan fingerprint density at radius 3 is 2.69 bits per heavy atom. The van der Waals surface area contributed by atoms with E-state index in [4.69, 9.17) is 9.47 Å². The van der Waals surface area contributed by atoms with E-state index < -0.39 is 0 Å². The molecule has 0 radical (unpaired) electrons. The number of aryl methyl sites for hydroxylation is 3. The van der Waals surface area contributed by atoms with Crippen LogP contribution in [0, 0.1) is 20.8 Å². The van der Waals surface area contributed by atoms with E-state index in [-0.39, 0.29) is 24.7 Å². The minimum absolute atomic E-state index is 0.105. The lowest BCUT2D eigenvalue weighted by molar-refractivity contribution is -0.118. The average Bonchev–Trinajstić information content (AvgIpc) is 3.13. The molecule has 7 nitrogen and oxygen atoms in total. The Hall–Kier alpha value is -3.65. The minimum Gasteiger partial charge on any atom is -0.485 e. The van der Waals surface area contributed by atoms with Crippen molar-refractivity contribution in [2.75, 3.05) is 11.9 Å². The van der Waals surface area contributed by atoms with Crippen molar-refractivity contribution in [2.45, 2.75) is 27.4 Å². The zero-order chi connectivity index (χ0) is 22.7. The molecule has 0 saturated heterocycles. The molecule has 4 rings (SSSR count). The van der Waals surface area contributed by atoms with E-state index in [0.29, 0.717) is 27.8 Å². The van der Waals surface area contributed by atoms with E-state index in [1.165, 1.54) is 21.8 Å². The Balaban J connectivity index is 1.45. The van der Waals surface area contributed by atoms with Gasteiger partial charge in [0.25, 0.3) is 11.5 Å². The van der Waals surface area contributed by atoms with Gasteiger partial charge in [0.05, 0.1) is 11.4 Å². The van der Waals surface area contributed by atoms with E-state index in [1.807, 2.05) is 57.2 Å². The summed E-state index contributed by atoms with van der Waals surface area (Å²) in [5.41, 5.74) is 2.84. The quantitative estimate of drug-likeness (QED) is 0.455. The van der Waals surface area contributed by atoms with Gasteiger partial charge in [-0.05, 0) is 50.1 Å². The number of ether oxygens (including phenoxy) is 2. The lowest BCUT2D eigenvalue weighted by Gasteiger charge is -2.14. The zero-order valence-electron chi connectivity index (χ0n) is 18.0. The first-order valence-electron chi connectivity index (χ1n) is 10.1. The number of anilines is 1. The second-order valence-corrected chi connectivity index (χ2v) is 8.68. The van der Waals surface area contributed by atoms with E-state index in [0.717, 1.165) is 16.0 Å². The highest BCUT2D eigenvalue weighted by molar-refractivity contribution is 7.16. The summed E-state index contributed by atoms with van der Waals surface area (Å²) in [4.78, 5) is 30.9. The van der Waals surface area contributed by atoms with Crippen LogP contribution in [0.1, 0.15) is 21.7 Å². The van der Waals surface area contributed by atoms with E-state index in [1.54, 1.807) is 12.3 Å². The second kappa shape index (κ2) is 9.23. The lowest BCUT2D eigenvalue weighted by atomic mass is 10.2. The van der Waals surface area contributed by atoms with Crippen LogP contribution in [0.15, 0.2) is 59.5 Å². The first-order valence-corrected chi connectivity index (χ1v) is 10.9. The number of carbonyl (C=O) groups is 1. The van der Waals surface area contributed by atoms with E-state index in [2.05, 4.69) is 10.3 Å². The van der Waals surface area contributed by atoms with E-state index in [9.17, 15) is 9.59 Å². The molecule has 2 heterocycles. The van der Waals surface area contributed by atoms with Gasteiger partial charge in [-0.3, -0.25) is 14.0 Å². The van der Waals surface area contributed by atoms with Crippen LogP contribution in [-0.4, -0.2) is 21.9 Å². The summed E-state index contributed by atoms with van der Waals surface area (Å²) in [6, 6.07) is 14.5. The largest absolute Gasteiger partial charge is 0.485 e. The van der Waals surface area contributed by atoms with Crippen LogP contribution in [0.5, 0.6) is 11.5 Å². The summed E-state index contributed by atoms with van der Waals surface area (Å²) >= 11 is 1.45. The van der Waals surface area contributed by atoms with Gasteiger partial charge >= 0.3 is 0 Å². The smallest absolute Gasteiger partial charge is 0.262 e. The van der Waals surface area contributed by atoms with Crippen LogP contribution in [0.25, 0.3) is 4.96 Å². The van der Waals surface area contributed by atoms with Gasteiger partial charge in [0.1, 0.15) is 18.1 Å². The minimum atomic E-state index is -0.296. The van der Waals surface area contributed by atoms with Gasteiger partial charge in [-0.25, -0.2) is 4.98 Å². The fraction of sp³-hybridized carbons (Fsp3) is 0.208. The van der Waals surface area contributed by atoms with Crippen LogP contribution in [0.3, 0.4) is 0 Å². The first-order chi connectivity index (χ1) is 15.4. The van der Waals surface area contributed by atoms with Gasteiger partial charge in [0, 0.05) is 17.1 Å². The molecule has 0 saturated carbocycles. The maximum atomic E-state index is 12.5. The summed E-state index contributed by atoms with van der Waals surface area (Å²) in [7, 11) is 0. The van der Waals surface area contributed by atoms with E-state index >= 15 is 0 Å². The molecular formula is C24H23N3O4S. The highest BCUT2D eigenvalue weighted by Crippen LogP contribution is 2.27. The molecule has 1 N–H and O–H groups in total. The predicted octanol–water partition coefficient (Wildman–Crippen LogP) is 4.28. The van der Waals surface area contributed by atoms with Crippen molar-refractivity contribution in [2.24, 2.45) is 0 Å². The molecule has 0 aliphatic heterocycles. The van der Waals surface area contributed by atoms with Gasteiger partial charge in [-0.1, -0.05) is 24.3 Å². The molecule has 0 aliphatic rings. The zero-order valence-corrected chi connectivity index (χ0v) is 18.9. The number of carbonyl (C=O) groups excluding carboxylic acids is 1. The number of aromatic nitrogens is 2. The molecule has 8 heteroatoms. The highest BCUT2D eigenvalue weighted by atomic mass is 32.1. The summed E-state index contributed by atoms with van der Waals surface area (Å²) in [6.45, 7) is 5.77. The van der Waals surface area contributed by atoms with Crippen LogP contribution >= 0.6 is 11.3 Å². The third-order valence-corrected chi connectivity index (χ3v) is 5.67. The molecule has 2 aromatic heterocycles. The highest BCUT2D eigenvalue weighted by Gasteiger charge is 2.12. The second-order valence-electron chi connectivity index (χ2n) is 7.47. The molecule has 0 fully saturated rings. The van der Waals surface area contributed by atoms with Crippen molar-refractivity contribution < 1.29 is 14.3 Å². The molecule has 0 bridgehead atoms. The molecule has 0 aliphatic carbocycles. The van der Waals surface area contributed by atoms with Gasteiger partial charge in [0.2, 0.25) is 0 Å². The number of benzene rings is 2. The fourth-order valence-corrected chi connectivity index (χ4v) is 4.05.